The Morgan fingerprint density at radius 2 is 1.74 bits per heavy atom. The standard InChI is InChI=1S/C30H31N5O4/c1-21(36)32-19-28(37)35(24-12-8-5-9-13-24)30(2,3)29(38)31-15-14-23-17-33-26-18-34-27(16-25(23)26)39-20-22-10-6-4-7-11-22/h4-18,33H,19-20H2,1-3H3,(H,31,38)(H,32,36). The minimum atomic E-state index is -1.26. The number of pyridine rings is 1. The number of aromatic nitrogens is 2. The Morgan fingerprint density at radius 3 is 2.44 bits per heavy atom. The predicted octanol–water partition coefficient (Wildman–Crippen LogP) is 4.18. The first-order chi connectivity index (χ1) is 18.8. The van der Waals surface area contributed by atoms with Crippen LogP contribution in [-0.4, -0.2) is 39.8 Å². The number of hydrogen-bond donors (Lipinski definition) is 3. The van der Waals surface area contributed by atoms with Crippen LogP contribution >= 0.6 is 0 Å². The second-order valence-electron chi connectivity index (χ2n) is 9.43. The Kier molecular flexibility index (Phi) is 8.40. The zero-order valence-corrected chi connectivity index (χ0v) is 22.1. The van der Waals surface area contributed by atoms with Crippen molar-refractivity contribution < 1.29 is 19.1 Å². The fourth-order valence-corrected chi connectivity index (χ4v) is 4.09. The molecule has 9 heteroatoms. The van der Waals surface area contributed by atoms with Gasteiger partial charge in [-0.15, -0.1) is 0 Å². The fraction of sp³-hybridized carbons (Fsp3) is 0.200. The Bertz CT molecular complexity index is 1480. The lowest BCUT2D eigenvalue weighted by Gasteiger charge is -2.37. The molecule has 0 fully saturated rings. The monoisotopic (exact) mass is 525 g/mol. The van der Waals surface area contributed by atoms with Crippen molar-refractivity contribution in [3.8, 4) is 5.88 Å². The van der Waals surface area contributed by atoms with Crippen LogP contribution in [0.4, 0.5) is 5.69 Å². The normalized spacial score (nSPS) is 11.4. The summed E-state index contributed by atoms with van der Waals surface area (Å²) in [6, 6.07) is 20.6. The number of hydrogen-bond acceptors (Lipinski definition) is 5. The summed E-state index contributed by atoms with van der Waals surface area (Å²) in [6.45, 7) is 4.82. The number of anilines is 1. The minimum absolute atomic E-state index is 0.227. The number of ether oxygens (including phenoxy) is 1. The zero-order chi connectivity index (χ0) is 27.8. The SMILES string of the molecule is CC(=O)NCC(=O)N(c1ccccc1)C(C)(C)C(=O)NC=Cc1c[nH]c2cnc(OCc3ccccc3)cc12. The van der Waals surface area contributed by atoms with Gasteiger partial charge in [0.05, 0.1) is 18.3 Å². The summed E-state index contributed by atoms with van der Waals surface area (Å²) in [6.07, 6.45) is 6.82. The molecule has 0 aliphatic carbocycles. The summed E-state index contributed by atoms with van der Waals surface area (Å²) in [5.41, 5.74) is 1.98. The van der Waals surface area contributed by atoms with Crippen LogP contribution in [0.5, 0.6) is 5.88 Å². The first-order valence-electron chi connectivity index (χ1n) is 12.5. The second-order valence-corrected chi connectivity index (χ2v) is 9.43. The Labute approximate surface area is 226 Å². The number of carbonyl (C=O) groups is 3. The first kappa shape index (κ1) is 27.1. The summed E-state index contributed by atoms with van der Waals surface area (Å²) >= 11 is 0. The van der Waals surface area contributed by atoms with Gasteiger partial charge in [0.15, 0.2) is 0 Å². The molecule has 0 aliphatic rings. The second kappa shape index (κ2) is 12.1. The molecule has 0 aliphatic heterocycles. The van der Waals surface area contributed by atoms with E-state index in [9.17, 15) is 14.4 Å². The van der Waals surface area contributed by atoms with Gasteiger partial charge in [-0.25, -0.2) is 4.98 Å². The smallest absolute Gasteiger partial charge is 0.249 e. The van der Waals surface area contributed by atoms with Gasteiger partial charge in [0, 0.05) is 42.0 Å². The van der Waals surface area contributed by atoms with Crippen molar-refractivity contribution >= 4 is 40.4 Å². The van der Waals surface area contributed by atoms with E-state index < -0.39 is 17.4 Å². The van der Waals surface area contributed by atoms with E-state index in [0.717, 1.165) is 22.0 Å². The van der Waals surface area contributed by atoms with Crippen LogP contribution in [-0.2, 0) is 21.0 Å². The van der Waals surface area contributed by atoms with Crippen LogP contribution < -0.4 is 20.3 Å². The molecule has 0 atom stereocenters. The van der Waals surface area contributed by atoms with Gasteiger partial charge in [-0.2, -0.15) is 0 Å². The van der Waals surface area contributed by atoms with E-state index in [1.807, 2.05) is 48.7 Å². The molecule has 2 aromatic heterocycles. The number of nitrogens with zero attached hydrogens (tertiary/aromatic N) is 2. The molecular formula is C30H31N5O4. The zero-order valence-electron chi connectivity index (χ0n) is 22.1. The highest BCUT2D eigenvalue weighted by atomic mass is 16.5. The highest BCUT2D eigenvalue weighted by molar-refractivity contribution is 6.05. The quantitative estimate of drug-likeness (QED) is 0.287. The van der Waals surface area contributed by atoms with Crippen LogP contribution in [0.1, 0.15) is 31.9 Å². The number of carbonyl (C=O) groups excluding carboxylic acids is 3. The average molecular weight is 526 g/mol. The third kappa shape index (κ3) is 6.70. The molecule has 3 N–H and O–H groups in total. The molecule has 4 rings (SSSR count). The number of amides is 3. The number of nitrogens with one attached hydrogen (secondary N) is 3. The number of fused-ring (bicyclic) bond motifs is 1. The van der Waals surface area contributed by atoms with Gasteiger partial charge >= 0.3 is 0 Å². The maximum Gasteiger partial charge on any atom is 0.249 e. The van der Waals surface area contributed by atoms with E-state index >= 15 is 0 Å². The van der Waals surface area contributed by atoms with Gasteiger partial charge in [0.2, 0.25) is 23.6 Å². The van der Waals surface area contributed by atoms with Crippen molar-refractivity contribution in [3.63, 3.8) is 0 Å². The summed E-state index contributed by atoms with van der Waals surface area (Å²) in [7, 11) is 0. The first-order valence-corrected chi connectivity index (χ1v) is 12.5. The predicted molar refractivity (Wildman–Crippen MR) is 151 cm³/mol. The Balaban J connectivity index is 1.48. The van der Waals surface area contributed by atoms with Crippen molar-refractivity contribution in [1.82, 2.24) is 20.6 Å². The summed E-state index contributed by atoms with van der Waals surface area (Å²) in [5.74, 6) is -0.647. The molecule has 2 aromatic carbocycles. The maximum absolute atomic E-state index is 13.3. The van der Waals surface area contributed by atoms with Gasteiger partial charge in [0.25, 0.3) is 0 Å². The molecule has 0 unspecified atom stereocenters. The minimum Gasteiger partial charge on any atom is -0.473 e. The fourth-order valence-electron chi connectivity index (χ4n) is 4.09. The number of rotatable bonds is 10. The molecule has 0 saturated heterocycles. The average Bonchev–Trinajstić information content (AvgIpc) is 3.34. The Morgan fingerprint density at radius 1 is 1.05 bits per heavy atom. The van der Waals surface area contributed by atoms with Crippen molar-refractivity contribution in [2.75, 3.05) is 11.4 Å². The van der Waals surface area contributed by atoms with Gasteiger partial charge in [-0.1, -0.05) is 48.5 Å². The van der Waals surface area contributed by atoms with Gasteiger partial charge < -0.3 is 20.4 Å². The molecule has 0 saturated carbocycles. The van der Waals surface area contributed by atoms with Gasteiger partial charge in [0.1, 0.15) is 12.1 Å². The molecule has 2 heterocycles. The molecule has 4 aromatic rings. The molecule has 3 amide bonds. The van der Waals surface area contributed by atoms with Crippen molar-refractivity contribution in [2.24, 2.45) is 0 Å². The molecule has 0 spiro atoms. The van der Waals surface area contributed by atoms with Gasteiger partial charge in [-0.05, 0) is 37.6 Å². The topological polar surface area (TPSA) is 116 Å². The molecule has 0 bridgehead atoms. The molecule has 200 valence electrons. The lowest BCUT2D eigenvalue weighted by Crippen LogP contribution is -2.58. The summed E-state index contributed by atoms with van der Waals surface area (Å²) in [5, 5.41) is 6.19. The van der Waals surface area contributed by atoms with E-state index in [-0.39, 0.29) is 12.5 Å². The Hall–Kier alpha value is -4.92. The van der Waals surface area contributed by atoms with Crippen LogP contribution in [0.25, 0.3) is 17.0 Å². The van der Waals surface area contributed by atoms with Crippen LogP contribution in [0, 0.1) is 0 Å². The van der Waals surface area contributed by atoms with Gasteiger partial charge in [-0.3, -0.25) is 19.3 Å². The number of para-hydroxylation sites is 1. The highest BCUT2D eigenvalue weighted by Gasteiger charge is 2.38. The molecular weight excluding hydrogens is 494 g/mol. The van der Waals surface area contributed by atoms with Crippen LogP contribution in [0.15, 0.2) is 85.3 Å². The van der Waals surface area contributed by atoms with Crippen molar-refractivity contribution in [3.05, 3.63) is 96.5 Å². The van der Waals surface area contributed by atoms with Crippen LogP contribution in [0.3, 0.4) is 0 Å². The number of benzene rings is 2. The van der Waals surface area contributed by atoms with E-state index in [1.165, 1.54) is 11.8 Å². The number of aromatic amines is 1. The van der Waals surface area contributed by atoms with E-state index in [0.29, 0.717) is 18.2 Å². The van der Waals surface area contributed by atoms with E-state index in [4.69, 9.17) is 4.74 Å². The van der Waals surface area contributed by atoms with Crippen molar-refractivity contribution in [2.45, 2.75) is 32.9 Å². The van der Waals surface area contributed by atoms with Crippen molar-refractivity contribution in [1.29, 1.82) is 0 Å². The lowest BCUT2D eigenvalue weighted by molar-refractivity contribution is -0.129. The third-order valence-electron chi connectivity index (χ3n) is 6.15. The molecule has 0 radical (unpaired) electrons. The highest BCUT2D eigenvalue weighted by Crippen LogP contribution is 2.25. The lowest BCUT2D eigenvalue weighted by atomic mass is 9.99. The summed E-state index contributed by atoms with van der Waals surface area (Å²) < 4.78 is 5.85. The number of H-pyrrole nitrogens is 1. The summed E-state index contributed by atoms with van der Waals surface area (Å²) in [4.78, 5) is 46.7. The van der Waals surface area contributed by atoms with Crippen LogP contribution in [0.2, 0.25) is 0 Å². The van der Waals surface area contributed by atoms with E-state index in [2.05, 4.69) is 20.6 Å². The third-order valence-corrected chi connectivity index (χ3v) is 6.15. The molecule has 9 nitrogen and oxygen atoms in total. The maximum atomic E-state index is 13.3. The van der Waals surface area contributed by atoms with E-state index in [1.54, 1.807) is 56.6 Å². The largest absolute Gasteiger partial charge is 0.473 e. The molecule has 39 heavy (non-hydrogen) atoms.